The molecule has 0 rings (SSSR count). The van der Waals surface area contributed by atoms with Gasteiger partial charge in [-0.2, -0.15) is 0 Å². The van der Waals surface area contributed by atoms with Gasteiger partial charge in [0.25, 0.3) is 0 Å². The number of carbonyl (C=O) groups excluding carboxylic acids is 1. The summed E-state index contributed by atoms with van der Waals surface area (Å²) >= 11 is 0. The number of unbranched alkanes of at least 4 members (excludes halogenated alkanes) is 20. The summed E-state index contributed by atoms with van der Waals surface area (Å²) < 4.78 is 5.26. The van der Waals surface area contributed by atoms with E-state index in [1.165, 1.54) is 103 Å². The second-order valence-corrected chi connectivity index (χ2v) is 9.93. The Hall–Kier alpha value is -1.06. The minimum atomic E-state index is -1.01. The highest BCUT2D eigenvalue weighted by Crippen LogP contribution is 2.15. The summed E-state index contributed by atoms with van der Waals surface area (Å²) in [6, 6.07) is 0. The Morgan fingerprint density at radius 3 is 1.24 bits per heavy atom. The van der Waals surface area contributed by atoms with E-state index in [1.54, 1.807) is 0 Å². The zero-order chi connectivity index (χ0) is 24.4. The molecule has 0 aliphatic heterocycles. The normalized spacial score (nSPS) is 12.1. The smallest absolute Gasteiger partial charge is 0.345 e. The van der Waals surface area contributed by atoms with Crippen LogP contribution in [0.2, 0.25) is 0 Å². The van der Waals surface area contributed by atoms with E-state index in [-0.39, 0.29) is 5.97 Å². The standard InChI is InChI=1S/C29H56O4/c1-3-5-7-9-11-13-15-16-18-20-22-24-26-28(30)33-27(29(31)32)25-23-21-19-17-14-12-10-8-6-4-2/h27H,3-26H2,1-2H3,(H,31,32). The van der Waals surface area contributed by atoms with Gasteiger partial charge in [-0.25, -0.2) is 4.79 Å². The Labute approximate surface area is 205 Å². The number of ether oxygens (including phenoxy) is 1. The summed E-state index contributed by atoms with van der Waals surface area (Å²) in [6.07, 6.45) is 26.9. The zero-order valence-corrected chi connectivity index (χ0v) is 22.2. The minimum Gasteiger partial charge on any atom is -0.479 e. The van der Waals surface area contributed by atoms with Gasteiger partial charge in [0.1, 0.15) is 0 Å². The van der Waals surface area contributed by atoms with Gasteiger partial charge in [-0.1, -0.05) is 142 Å². The summed E-state index contributed by atoms with van der Waals surface area (Å²) in [7, 11) is 0. The van der Waals surface area contributed by atoms with E-state index >= 15 is 0 Å². The third kappa shape index (κ3) is 23.9. The molecule has 1 atom stereocenters. The molecule has 33 heavy (non-hydrogen) atoms. The molecule has 1 N–H and O–H groups in total. The molecule has 4 nitrogen and oxygen atoms in total. The molecule has 0 aromatic rings. The number of carboxylic acid groups (broad SMARTS) is 1. The van der Waals surface area contributed by atoms with E-state index in [9.17, 15) is 14.7 Å². The number of esters is 1. The van der Waals surface area contributed by atoms with Crippen molar-refractivity contribution < 1.29 is 19.4 Å². The third-order valence-electron chi connectivity index (χ3n) is 6.60. The molecular formula is C29H56O4. The summed E-state index contributed by atoms with van der Waals surface area (Å²) in [5.41, 5.74) is 0. The molecule has 4 heteroatoms. The number of carboxylic acids is 1. The first-order valence-electron chi connectivity index (χ1n) is 14.5. The van der Waals surface area contributed by atoms with Crippen molar-refractivity contribution in [1.82, 2.24) is 0 Å². The molecule has 0 saturated heterocycles. The number of carbonyl (C=O) groups is 2. The second-order valence-electron chi connectivity index (χ2n) is 9.93. The molecule has 0 spiro atoms. The Bertz CT molecular complexity index is 435. The average molecular weight is 469 g/mol. The first kappa shape index (κ1) is 31.9. The Morgan fingerprint density at radius 1 is 0.545 bits per heavy atom. The maximum absolute atomic E-state index is 12.0. The predicted molar refractivity (Wildman–Crippen MR) is 140 cm³/mol. The van der Waals surface area contributed by atoms with Gasteiger partial charge in [-0.15, -0.1) is 0 Å². The predicted octanol–water partition coefficient (Wildman–Crippen LogP) is 9.39. The zero-order valence-electron chi connectivity index (χ0n) is 22.2. The van der Waals surface area contributed by atoms with Gasteiger partial charge in [0, 0.05) is 6.42 Å². The van der Waals surface area contributed by atoms with Crippen molar-refractivity contribution in [3.05, 3.63) is 0 Å². The fraction of sp³-hybridized carbons (Fsp3) is 0.931. The van der Waals surface area contributed by atoms with Crippen molar-refractivity contribution in [2.45, 2.75) is 174 Å². The highest BCUT2D eigenvalue weighted by atomic mass is 16.6. The van der Waals surface area contributed by atoms with Crippen LogP contribution in [0.25, 0.3) is 0 Å². The van der Waals surface area contributed by atoms with Gasteiger partial charge in [0.05, 0.1) is 0 Å². The minimum absolute atomic E-state index is 0.346. The molecule has 0 aromatic carbocycles. The van der Waals surface area contributed by atoms with Crippen LogP contribution in [0.4, 0.5) is 0 Å². The van der Waals surface area contributed by atoms with Crippen molar-refractivity contribution in [2.75, 3.05) is 0 Å². The van der Waals surface area contributed by atoms with E-state index in [2.05, 4.69) is 13.8 Å². The Morgan fingerprint density at radius 2 is 0.879 bits per heavy atom. The Balaban J connectivity index is 3.59. The maximum atomic E-state index is 12.0. The maximum Gasteiger partial charge on any atom is 0.345 e. The molecule has 0 fully saturated rings. The van der Waals surface area contributed by atoms with Crippen molar-refractivity contribution >= 4 is 11.9 Å². The quantitative estimate of drug-likeness (QED) is 0.101. The molecule has 0 heterocycles. The fourth-order valence-electron chi connectivity index (χ4n) is 4.38. The lowest BCUT2D eigenvalue weighted by molar-refractivity contribution is -0.164. The number of aliphatic carboxylic acids is 1. The average Bonchev–Trinajstić information content (AvgIpc) is 2.80. The van der Waals surface area contributed by atoms with Crippen LogP contribution in [0.1, 0.15) is 168 Å². The van der Waals surface area contributed by atoms with E-state index in [4.69, 9.17) is 4.74 Å². The van der Waals surface area contributed by atoms with E-state index in [0.717, 1.165) is 38.5 Å². The fourth-order valence-corrected chi connectivity index (χ4v) is 4.38. The highest BCUT2D eigenvalue weighted by molar-refractivity contribution is 5.77. The van der Waals surface area contributed by atoms with Crippen LogP contribution < -0.4 is 0 Å². The molecular weight excluding hydrogens is 412 g/mol. The van der Waals surface area contributed by atoms with Crippen molar-refractivity contribution in [3.63, 3.8) is 0 Å². The summed E-state index contributed by atoms with van der Waals surface area (Å²) in [5.74, 6) is -1.35. The van der Waals surface area contributed by atoms with Gasteiger partial charge in [0.15, 0.2) is 6.10 Å². The first-order valence-corrected chi connectivity index (χ1v) is 14.5. The van der Waals surface area contributed by atoms with Crippen LogP contribution >= 0.6 is 0 Å². The van der Waals surface area contributed by atoms with Gasteiger partial charge in [-0.3, -0.25) is 4.79 Å². The Kier molecular flexibility index (Phi) is 24.7. The molecule has 196 valence electrons. The summed E-state index contributed by atoms with van der Waals surface area (Å²) in [5, 5.41) is 9.36. The second kappa shape index (κ2) is 25.6. The molecule has 0 amide bonds. The monoisotopic (exact) mass is 468 g/mol. The van der Waals surface area contributed by atoms with Crippen molar-refractivity contribution in [2.24, 2.45) is 0 Å². The lowest BCUT2D eigenvalue weighted by atomic mass is 10.0. The van der Waals surface area contributed by atoms with Gasteiger partial charge < -0.3 is 9.84 Å². The third-order valence-corrected chi connectivity index (χ3v) is 6.60. The first-order chi connectivity index (χ1) is 16.1. The van der Waals surface area contributed by atoms with E-state index in [0.29, 0.717) is 12.8 Å². The molecule has 0 aliphatic carbocycles. The van der Waals surface area contributed by atoms with Crippen LogP contribution in [-0.4, -0.2) is 23.1 Å². The lowest BCUT2D eigenvalue weighted by Gasteiger charge is -2.13. The number of hydrogen-bond donors (Lipinski definition) is 1. The molecule has 0 aliphatic rings. The lowest BCUT2D eigenvalue weighted by Crippen LogP contribution is -2.27. The molecule has 0 aromatic heterocycles. The number of rotatable bonds is 26. The van der Waals surface area contributed by atoms with E-state index in [1.807, 2.05) is 0 Å². The topological polar surface area (TPSA) is 63.6 Å². The van der Waals surface area contributed by atoms with Gasteiger partial charge in [-0.05, 0) is 19.3 Å². The molecule has 0 saturated carbocycles. The summed E-state index contributed by atoms with van der Waals surface area (Å²) in [4.78, 5) is 23.5. The van der Waals surface area contributed by atoms with Crippen molar-refractivity contribution in [3.8, 4) is 0 Å². The SMILES string of the molecule is CCCCCCCCCCCCCCC(=O)OC(CCCCCCCCCCCC)C(=O)O. The van der Waals surface area contributed by atoms with Crippen LogP contribution in [-0.2, 0) is 14.3 Å². The van der Waals surface area contributed by atoms with Crippen LogP contribution in [0.3, 0.4) is 0 Å². The molecule has 0 radical (unpaired) electrons. The largest absolute Gasteiger partial charge is 0.479 e. The van der Waals surface area contributed by atoms with E-state index < -0.39 is 12.1 Å². The van der Waals surface area contributed by atoms with Crippen LogP contribution in [0, 0.1) is 0 Å². The van der Waals surface area contributed by atoms with Gasteiger partial charge >= 0.3 is 11.9 Å². The molecule has 1 unspecified atom stereocenters. The highest BCUT2D eigenvalue weighted by Gasteiger charge is 2.21. The van der Waals surface area contributed by atoms with Crippen LogP contribution in [0.15, 0.2) is 0 Å². The molecule has 0 bridgehead atoms. The van der Waals surface area contributed by atoms with Crippen molar-refractivity contribution in [1.29, 1.82) is 0 Å². The van der Waals surface area contributed by atoms with Crippen LogP contribution in [0.5, 0.6) is 0 Å². The van der Waals surface area contributed by atoms with Gasteiger partial charge in [0.2, 0.25) is 0 Å². The number of hydrogen-bond acceptors (Lipinski definition) is 3. The summed E-state index contributed by atoms with van der Waals surface area (Å²) in [6.45, 7) is 4.49.